The maximum atomic E-state index is 7.71. The maximum absolute atomic E-state index is 7.71. The molecule has 0 saturated carbocycles. The molecule has 0 aliphatic carbocycles. The summed E-state index contributed by atoms with van der Waals surface area (Å²) in [6.45, 7) is 12.0. The molecule has 3 heteroatoms. The Hall–Kier alpha value is -1.38. The third-order valence-electron chi connectivity index (χ3n) is 2.07. The SMILES string of the molecule is C/C(=C/C(=N)C(C)C)c1ncc(C)[nH]1.CC. The van der Waals surface area contributed by atoms with Gasteiger partial charge < -0.3 is 10.4 Å². The van der Waals surface area contributed by atoms with Gasteiger partial charge in [0.15, 0.2) is 0 Å². The molecule has 0 unspecified atom stereocenters. The quantitative estimate of drug-likeness (QED) is 0.749. The van der Waals surface area contributed by atoms with Crippen LogP contribution in [0.5, 0.6) is 0 Å². The highest BCUT2D eigenvalue weighted by Crippen LogP contribution is 2.11. The second kappa shape index (κ2) is 6.99. The number of nitrogens with zero attached hydrogens (tertiary/aromatic N) is 1. The van der Waals surface area contributed by atoms with Crippen molar-refractivity contribution in [2.45, 2.75) is 41.5 Å². The number of allylic oxidation sites excluding steroid dienone is 2. The zero-order chi connectivity index (χ0) is 12.7. The van der Waals surface area contributed by atoms with Crippen molar-refractivity contribution in [2.24, 2.45) is 5.92 Å². The first-order chi connectivity index (χ1) is 7.50. The van der Waals surface area contributed by atoms with E-state index < -0.39 is 0 Å². The van der Waals surface area contributed by atoms with Gasteiger partial charge in [-0.05, 0) is 31.4 Å². The van der Waals surface area contributed by atoms with E-state index in [2.05, 4.69) is 9.97 Å². The number of hydrogen-bond acceptors (Lipinski definition) is 2. The third kappa shape index (κ3) is 4.43. The van der Waals surface area contributed by atoms with Crippen molar-refractivity contribution in [3.8, 4) is 0 Å². The summed E-state index contributed by atoms with van der Waals surface area (Å²) in [6, 6.07) is 0. The molecule has 1 heterocycles. The minimum absolute atomic E-state index is 0.265. The molecule has 0 atom stereocenters. The lowest BCUT2D eigenvalue weighted by Gasteiger charge is -2.02. The van der Waals surface area contributed by atoms with Crippen LogP contribution in [0, 0.1) is 18.3 Å². The lowest BCUT2D eigenvalue weighted by atomic mass is 10.1. The standard InChI is InChI=1S/C11H17N3.C2H6/c1-7(2)10(12)5-8(3)11-13-6-9(4)14-11;1-2/h5-7,12H,1-4H3,(H,13,14);1-2H3/b8-5-,12-10?;. The summed E-state index contributed by atoms with van der Waals surface area (Å²) in [5.74, 6) is 1.12. The molecule has 3 nitrogen and oxygen atoms in total. The van der Waals surface area contributed by atoms with E-state index in [1.54, 1.807) is 6.20 Å². The monoisotopic (exact) mass is 221 g/mol. The molecule has 0 amide bonds. The van der Waals surface area contributed by atoms with E-state index in [9.17, 15) is 0 Å². The second-order valence-corrected chi connectivity index (χ2v) is 3.85. The van der Waals surface area contributed by atoms with E-state index in [1.165, 1.54) is 0 Å². The highest BCUT2D eigenvalue weighted by atomic mass is 14.9. The summed E-state index contributed by atoms with van der Waals surface area (Å²) < 4.78 is 0. The van der Waals surface area contributed by atoms with Crippen LogP contribution in [-0.2, 0) is 0 Å². The van der Waals surface area contributed by atoms with E-state index in [0.29, 0.717) is 5.71 Å². The van der Waals surface area contributed by atoms with Crippen LogP contribution in [0.15, 0.2) is 12.3 Å². The van der Waals surface area contributed by atoms with Gasteiger partial charge in [-0.3, -0.25) is 0 Å². The Morgan fingerprint density at radius 1 is 1.44 bits per heavy atom. The van der Waals surface area contributed by atoms with E-state index in [0.717, 1.165) is 17.1 Å². The van der Waals surface area contributed by atoms with Gasteiger partial charge in [-0.1, -0.05) is 27.7 Å². The van der Waals surface area contributed by atoms with Gasteiger partial charge in [0.2, 0.25) is 0 Å². The molecule has 0 bridgehead atoms. The average molecular weight is 221 g/mol. The molecule has 1 aromatic heterocycles. The largest absolute Gasteiger partial charge is 0.342 e. The predicted octanol–water partition coefficient (Wildman–Crippen LogP) is 3.82. The van der Waals surface area contributed by atoms with E-state index in [1.807, 2.05) is 47.6 Å². The summed E-state index contributed by atoms with van der Waals surface area (Å²) in [7, 11) is 0. The molecule has 0 radical (unpaired) electrons. The Morgan fingerprint density at radius 3 is 2.38 bits per heavy atom. The topological polar surface area (TPSA) is 52.5 Å². The fourth-order valence-corrected chi connectivity index (χ4v) is 1.08. The van der Waals surface area contributed by atoms with Gasteiger partial charge in [-0.25, -0.2) is 4.98 Å². The van der Waals surface area contributed by atoms with Crippen molar-refractivity contribution in [2.75, 3.05) is 0 Å². The summed E-state index contributed by atoms with van der Waals surface area (Å²) >= 11 is 0. The van der Waals surface area contributed by atoms with Crippen LogP contribution in [0.2, 0.25) is 0 Å². The van der Waals surface area contributed by atoms with Crippen LogP contribution in [-0.4, -0.2) is 15.7 Å². The number of aromatic amines is 1. The molecule has 90 valence electrons. The van der Waals surface area contributed by atoms with Crippen LogP contribution in [0.4, 0.5) is 0 Å². The van der Waals surface area contributed by atoms with Gasteiger partial charge >= 0.3 is 0 Å². The lowest BCUT2D eigenvalue weighted by Crippen LogP contribution is -2.02. The first-order valence-corrected chi connectivity index (χ1v) is 5.79. The number of H-pyrrole nitrogens is 1. The molecule has 1 rings (SSSR count). The van der Waals surface area contributed by atoms with Gasteiger partial charge in [-0.2, -0.15) is 0 Å². The predicted molar refractivity (Wildman–Crippen MR) is 70.9 cm³/mol. The number of nitrogens with one attached hydrogen (secondary N) is 2. The van der Waals surface area contributed by atoms with Gasteiger partial charge in [0.1, 0.15) is 5.82 Å². The molecule has 0 aromatic carbocycles. The Bertz CT molecular complexity index is 359. The number of aryl methyl sites for hydroxylation is 1. The Labute approximate surface area is 98.5 Å². The first kappa shape index (κ1) is 14.6. The first-order valence-electron chi connectivity index (χ1n) is 5.79. The third-order valence-corrected chi connectivity index (χ3v) is 2.07. The summed E-state index contributed by atoms with van der Waals surface area (Å²) in [6.07, 6.45) is 3.66. The van der Waals surface area contributed by atoms with Crippen molar-refractivity contribution in [1.29, 1.82) is 5.41 Å². The van der Waals surface area contributed by atoms with Crippen LogP contribution < -0.4 is 0 Å². The summed E-state index contributed by atoms with van der Waals surface area (Å²) in [5, 5.41) is 7.71. The molecule has 0 aliphatic rings. The minimum Gasteiger partial charge on any atom is -0.342 e. The molecular formula is C13H23N3. The molecule has 0 saturated heterocycles. The van der Waals surface area contributed by atoms with Gasteiger partial charge in [0.05, 0.1) is 0 Å². The van der Waals surface area contributed by atoms with Crippen LogP contribution in [0.3, 0.4) is 0 Å². The number of imidazole rings is 1. The van der Waals surface area contributed by atoms with Crippen molar-refractivity contribution >= 4 is 11.3 Å². The fraction of sp³-hybridized carbons (Fsp3) is 0.538. The fourth-order valence-electron chi connectivity index (χ4n) is 1.08. The zero-order valence-electron chi connectivity index (χ0n) is 11.2. The molecule has 0 spiro atoms. The Balaban J connectivity index is 0.00000106. The van der Waals surface area contributed by atoms with Gasteiger partial charge in [-0.15, -0.1) is 0 Å². The normalized spacial score (nSPS) is 11.1. The number of aromatic nitrogens is 2. The van der Waals surface area contributed by atoms with Crippen LogP contribution >= 0.6 is 0 Å². The van der Waals surface area contributed by atoms with Gasteiger partial charge in [0, 0.05) is 17.6 Å². The maximum Gasteiger partial charge on any atom is 0.133 e. The zero-order valence-corrected chi connectivity index (χ0v) is 11.2. The molecule has 2 N–H and O–H groups in total. The van der Waals surface area contributed by atoms with Crippen molar-refractivity contribution in [3.05, 3.63) is 23.8 Å². The van der Waals surface area contributed by atoms with Crippen molar-refractivity contribution in [3.63, 3.8) is 0 Å². The molecule has 0 aliphatic heterocycles. The van der Waals surface area contributed by atoms with Crippen LogP contribution in [0.1, 0.15) is 46.1 Å². The average Bonchev–Trinajstić information content (AvgIpc) is 2.67. The second-order valence-electron chi connectivity index (χ2n) is 3.85. The smallest absolute Gasteiger partial charge is 0.133 e. The Morgan fingerprint density at radius 2 is 2.00 bits per heavy atom. The minimum atomic E-state index is 0.265. The molecule has 1 aromatic rings. The summed E-state index contributed by atoms with van der Waals surface area (Å²) in [5.41, 5.74) is 2.69. The van der Waals surface area contributed by atoms with E-state index in [4.69, 9.17) is 5.41 Å². The molecule has 0 fully saturated rings. The summed E-state index contributed by atoms with van der Waals surface area (Å²) in [4.78, 5) is 7.35. The Kier molecular flexibility index (Phi) is 6.38. The van der Waals surface area contributed by atoms with E-state index >= 15 is 0 Å². The van der Waals surface area contributed by atoms with Crippen molar-refractivity contribution in [1.82, 2.24) is 9.97 Å². The number of rotatable bonds is 3. The lowest BCUT2D eigenvalue weighted by molar-refractivity contribution is 0.882. The van der Waals surface area contributed by atoms with Crippen LogP contribution in [0.25, 0.3) is 5.57 Å². The number of hydrogen-bond donors (Lipinski definition) is 2. The molecule has 16 heavy (non-hydrogen) atoms. The van der Waals surface area contributed by atoms with Gasteiger partial charge in [0.25, 0.3) is 0 Å². The van der Waals surface area contributed by atoms with E-state index in [-0.39, 0.29) is 5.92 Å². The molecular weight excluding hydrogens is 198 g/mol. The highest BCUT2D eigenvalue weighted by Gasteiger charge is 2.03. The highest BCUT2D eigenvalue weighted by molar-refractivity contribution is 5.99. The van der Waals surface area contributed by atoms with Crippen molar-refractivity contribution < 1.29 is 0 Å².